The van der Waals surface area contributed by atoms with Gasteiger partial charge in [0.2, 0.25) is 0 Å². The van der Waals surface area contributed by atoms with E-state index in [2.05, 4.69) is 10.2 Å². The van der Waals surface area contributed by atoms with Crippen LogP contribution >= 0.6 is 0 Å². The smallest absolute Gasteiger partial charge is 0.264 e. The van der Waals surface area contributed by atoms with E-state index in [0.717, 1.165) is 37.2 Å². The van der Waals surface area contributed by atoms with Crippen molar-refractivity contribution in [2.45, 2.75) is 44.4 Å². The van der Waals surface area contributed by atoms with E-state index in [-0.39, 0.29) is 10.8 Å². The molecule has 3 rings (SSSR count). The van der Waals surface area contributed by atoms with Crippen LogP contribution in [-0.2, 0) is 10.0 Å². The predicted molar refractivity (Wildman–Crippen MR) is 125 cm³/mol. The Bertz CT molecular complexity index is 997. The summed E-state index contributed by atoms with van der Waals surface area (Å²) in [5, 5.41) is 2.97. The second-order valence-corrected chi connectivity index (χ2v) is 10.3. The summed E-state index contributed by atoms with van der Waals surface area (Å²) >= 11 is 0. The zero-order valence-corrected chi connectivity index (χ0v) is 19.5. The Kier molecular flexibility index (Phi) is 7.73. The molecule has 2 aromatic carbocycles. The summed E-state index contributed by atoms with van der Waals surface area (Å²) in [6.45, 7) is 7.66. The number of amides is 1. The highest BCUT2D eigenvalue weighted by molar-refractivity contribution is 7.92. The summed E-state index contributed by atoms with van der Waals surface area (Å²) in [5.41, 5.74) is 2.75. The number of hydrogen-bond donors (Lipinski definition) is 1. The number of sulfonamides is 1. The molecule has 6 nitrogen and oxygen atoms in total. The van der Waals surface area contributed by atoms with E-state index in [1.807, 2.05) is 13.8 Å². The monoisotopic (exact) mass is 443 g/mol. The van der Waals surface area contributed by atoms with Crippen LogP contribution in [0.1, 0.15) is 47.2 Å². The Hall–Kier alpha value is -2.38. The van der Waals surface area contributed by atoms with Crippen LogP contribution in [-0.4, -0.2) is 52.5 Å². The number of anilines is 1. The molecule has 1 aliphatic rings. The second kappa shape index (κ2) is 10.3. The molecule has 1 aliphatic heterocycles. The maximum absolute atomic E-state index is 13.1. The van der Waals surface area contributed by atoms with Gasteiger partial charge in [-0.1, -0.05) is 30.2 Å². The molecule has 0 bridgehead atoms. The van der Waals surface area contributed by atoms with Crippen LogP contribution in [0.25, 0.3) is 0 Å². The fourth-order valence-electron chi connectivity index (χ4n) is 3.88. The maximum atomic E-state index is 13.1. The quantitative estimate of drug-likeness (QED) is 0.631. The number of benzene rings is 2. The first-order valence-electron chi connectivity index (χ1n) is 11.0. The minimum Gasteiger partial charge on any atom is -0.352 e. The van der Waals surface area contributed by atoms with Gasteiger partial charge in [-0.05, 0) is 82.6 Å². The molecule has 0 atom stereocenters. The molecule has 0 aromatic heterocycles. The summed E-state index contributed by atoms with van der Waals surface area (Å²) in [5.74, 6) is -0.180. The normalized spacial score (nSPS) is 14.9. The summed E-state index contributed by atoms with van der Waals surface area (Å²) in [4.78, 5) is 15.3. The van der Waals surface area contributed by atoms with Gasteiger partial charge in [-0.25, -0.2) is 8.42 Å². The van der Waals surface area contributed by atoms with Gasteiger partial charge < -0.3 is 10.2 Å². The molecular weight excluding hydrogens is 410 g/mol. The average molecular weight is 444 g/mol. The lowest BCUT2D eigenvalue weighted by atomic mass is 10.1. The fraction of sp³-hybridized carbons (Fsp3) is 0.458. The van der Waals surface area contributed by atoms with Gasteiger partial charge in [0.15, 0.2) is 0 Å². The van der Waals surface area contributed by atoms with E-state index in [1.54, 1.807) is 42.5 Å². The highest BCUT2D eigenvalue weighted by atomic mass is 32.2. The molecule has 31 heavy (non-hydrogen) atoms. The number of rotatable bonds is 8. The number of nitrogens with zero attached hydrogens (tertiary/aromatic N) is 2. The van der Waals surface area contributed by atoms with Gasteiger partial charge in [0.25, 0.3) is 15.9 Å². The Balaban J connectivity index is 1.66. The zero-order chi connectivity index (χ0) is 22.4. The Morgan fingerprint density at radius 2 is 1.71 bits per heavy atom. The molecule has 1 N–H and O–H groups in total. The SMILES string of the molecule is Cc1ccc(S(=O)(=O)N(C)c2cc(C(=O)NCCCN3CCCCC3)ccc2C)cc1. The van der Waals surface area contributed by atoms with Crippen molar-refractivity contribution in [2.24, 2.45) is 0 Å². The third kappa shape index (κ3) is 5.86. The van der Waals surface area contributed by atoms with Crippen molar-refractivity contribution >= 4 is 21.6 Å². The molecule has 0 radical (unpaired) electrons. The standard InChI is InChI=1S/C24H33N3O3S/c1-19-8-12-22(13-9-19)31(29,30)26(3)23-18-21(11-10-20(23)2)24(28)25-14-7-17-27-15-5-4-6-16-27/h8-13,18H,4-7,14-17H2,1-3H3,(H,25,28). The van der Waals surface area contributed by atoms with Gasteiger partial charge >= 0.3 is 0 Å². The van der Waals surface area contributed by atoms with Crippen molar-refractivity contribution in [2.75, 3.05) is 37.5 Å². The number of likely N-dealkylation sites (tertiary alicyclic amines) is 1. The Morgan fingerprint density at radius 3 is 2.39 bits per heavy atom. The van der Waals surface area contributed by atoms with E-state index in [1.165, 1.54) is 30.6 Å². The molecule has 7 heteroatoms. The van der Waals surface area contributed by atoms with Crippen molar-refractivity contribution in [3.05, 3.63) is 59.2 Å². The minimum absolute atomic E-state index is 0.180. The van der Waals surface area contributed by atoms with Crippen LogP contribution in [0.5, 0.6) is 0 Å². The fourth-order valence-corrected chi connectivity index (χ4v) is 5.13. The van der Waals surface area contributed by atoms with Crippen molar-refractivity contribution in [3.8, 4) is 0 Å². The van der Waals surface area contributed by atoms with Crippen LogP contribution in [0.4, 0.5) is 5.69 Å². The van der Waals surface area contributed by atoms with E-state index in [4.69, 9.17) is 0 Å². The number of piperidine rings is 1. The summed E-state index contributed by atoms with van der Waals surface area (Å²) in [7, 11) is -2.19. The molecule has 1 amide bonds. The van der Waals surface area contributed by atoms with E-state index in [9.17, 15) is 13.2 Å². The van der Waals surface area contributed by atoms with Gasteiger partial charge in [0.1, 0.15) is 0 Å². The lowest BCUT2D eigenvalue weighted by Crippen LogP contribution is -2.33. The van der Waals surface area contributed by atoms with E-state index >= 15 is 0 Å². The van der Waals surface area contributed by atoms with Gasteiger partial charge in [-0.3, -0.25) is 9.10 Å². The molecule has 168 valence electrons. The largest absolute Gasteiger partial charge is 0.352 e. The molecular formula is C24H33N3O3S. The van der Waals surface area contributed by atoms with Crippen molar-refractivity contribution in [1.29, 1.82) is 0 Å². The topological polar surface area (TPSA) is 69.7 Å². The summed E-state index contributed by atoms with van der Waals surface area (Å²) < 4.78 is 27.4. The molecule has 2 aromatic rings. The number of hydrogen-bond acceptors (Lipinski definition) is 4. The maximum Gasteiger partial charge on any atom is 0.264 e. The number of carbonyl (C=O) groups excluding carboxylic acids is 1. The average Bonchev–Trinajstić information content (AvgIpc) is 2.77. The third-order valence-corrected chi connectivity index (χ3v) is 7.66. The van der Waals surface area contributed by atoms with Crippen LogP contribution in [0.3, 0.4) is 0 Å². The number of nitrogens with one attached hydrogen (secondary N) is 1. The summed E-state index contributed by atoms with van der Waals surface area (Å²) in [6, 6.07) is 12.0. The van der Waals surface area contributed by atoms with Gasteiger partial charge in [0.05, 0.1) is 10.6 Å². The van der Waals surface area contributed by atoms with E-state index < -0.39 is 10.0 Å². The molecule has 0 spiro atoms. The van der Waals surface area contributed by atoms with Crippen LogP contribution in [0.15, 0.2) is 47.4 Å². The minimum atomic E-state index is -3.71. The first-order chi connectivity index (χ1) is 14.8. The van der Waals surface area contributed by atoms with Crippen LogP contribution in [0, 0.1) is 13.8 Å². The number of aryl methyl sites for hydroxylation is 2. The molecule has 1 fully saturated rings. The van der Waals surface area contributed by atoms with Crippen molar-refractivity contribution < 1.29 is 13.2 Å². The van der Waals surface area contributed by atoms with Crippen LogP contribution < -0.4 is 9.62 Å². The lowest BCUT2D eigenvalue weighted by Gasteiger charge is -2.26. The van der Waals surface area contributed by atoms with Gasteiger partial charge in [-0.15, -0.1) is 0 Å². The van der Waals surface area contributed by atoms with Crippen molar-refractivity contribution in [1.82, 2.24) is 10.2 Å². The Labute approximate surface area is 186 Å². The highest BCUT2D eigenvalue weighted by Gasteiger charge is 2.23. The van der Waals surface area contributed by atoms with Gasteiger partial charge in [0, 0.05) is 19.2 Å². The predicted octanol–water partition coefficient (Wildman–Crippen LogP) is 3.73. The first kappa shape index (κ1) is 23.3. The van der Waals surface area contributed by atoms with Crippen LogP contribution in [0.2, 0.25) is 0 Å². The molecule has 1 heterocycles. The van der Waals surface area contributed by atoms with Crippen molar-refractivity contribution in [3.63, 3.8) is 0 Å². The molecule has 1 saturated heterocycles. The Morgan fingerprint density at radius 1 is 1.03 bits per heavy atom. The molecule has 0 aliphatic carbocycles. The molecule has 0 unspecified atom stereocenters. The molecule has 0 saturated carbocycles. The van der Waals surface area contributed by atoms with E-state index in [0.29, 0.717) is 17.8 Å². The summed E-state index contributed by atoms with van der Waals surface area (Å²) in [6.07, 6.45) is 4.75. The highest BCUT2D eigenvalue weighted by Crippen LogP contribution is 2.26. The lowest BCUT2D eigenvalue weighted by molar-refractivity contribution is 0.0951. The zero-order valence-electron chi connectivity index (χ0n) is 18.7. The second-order valence-electron chi connectivity index (χ2n) is 8.30. The number of carbonyl (C=O) groups is 1. The third-order valence-electron chi connectivity index (χ3n) is 5.88. The van der Waals surface area contributed by atoms with Gasteiger partial charge in [-0.2, -0.15) is 0 Å². The first-order valence-corrected chi connectivity index (χ1v) is 12.4.